The van der Waals surface area contributed by atoms with Gasteiger partial charge in [0.05, 0.1) is 12.6 Å². The second kappa shape index (κ2) is 12.3. The fourth-order valence-electron chi connectivity index (χ4n) is 2.43. The molecule has 10 heteroatoms. The maximum Gasteiger partial charge on any atom is 0.328 e. The highest BCUT2D eigenvalue weighted by atomic mass is 16.4. The Kier molecular flexibility index (Phi) is 11.3. The number of carboxylic acid groups (broad SMARTS) is 1. The normalized spacial score (nSPS) is 16.4. The van der Waals surface area contributed by atoms with Gasteiger partial charge in [-0.3, -0.25) is 14.4 Å². The monoisotopic (exact) mass is 402 g/mol. The largest absolute Gasteiger partial charge is 0.480 e. The molecule has 7 N–H and O–H groups in total. The van der Waals surface area contributed by atoms with Crippen LogP contribution in [-0.4, -0.2) is 64.7 Å². The van der Waals surface area contributed by atoms with Crippen LogP contribution in [0.25, 0.3) is 0 Å². The van der Waals surface area contributed by atoms with Crippen molar-refractivity contribution >= 4 is 23.7 Å². The van der Waals surface area contributed by atoms with Crippen LogP contribution in [0.4, 0.5) is 0 Å². The molecule has 5 atom stereocenters. The van der Waals surface area contributed by atoms with Gasteiger partial charge in [-0.2, -0.15) is 0 Å². The van der Waals surface area contributed by atoms with E-state index < -0.39 is 54.5 Å². The summed E-state index contributed by atoms with van der Waals surface area (Å²) in [6.45, 7) is 8.12. The second-order valence-electron chi connectivity index (χ2n) is 7.42. The summed E-state index contributed by atoms with van der Waals surface area (Å²) in [4.78, 5) is 47.9. The lowest BCUT2D eigenvalue weighted by Crippen LogP contribution is -2.58. The molecule has 0 fully saturated rings. The molecule has 0 aliphatic carbocycles. The molecule has 10 nitrogen and oxygen atoms in total. The van der Waals surface area contributed by atoms with E-state index >= 15 is 0 Å². The maximum atomic E-state index is 12.6. The third kappa shape index (κ3) is 8.66. The van der Waals surface area contributed by atoms with Gasteiger partial charge in [-0.25, -0.2) is 4.79 Å². The van der Waals surface area contributed by atoms with Crippen molar-refractivity contribution in [2.45, 2.75) is 71.6 Å². The van der Waals surface area contributed by atoms with Crippen molar-refractivity contribution in [2.24, 2.45) is 17.6 Å². The summed E-state index contributed by atoms with van der Waals surface area (Å²) in [6, 6.07) is -4.17. The Morgan fingerprint density at radius 2 is 1.50 bits per heavy atom. The number of carbonyl (C=O) groups excluding carboxylic acids is 3. The smallest absolute Gasteiger partial charge is 0.328 e. The molecule has 0 aromatic carbocycles. The van der Waals surface area contributed by atoms with Gasteiger partial charge in [-0.05, 0) is 25.2 Å². The molecule has 0 rings (SSSR count). The number of rotatable bonds is 12. The van der Waals surface area contributed by atoms with Gasteiger partial charge in [0.1, 0.15) is 18.1 Å². The maximum absolute atomic E-state index is 12.6. The zero-order valence-corrected chi connectivity index (χ0v) is 17.2. The van der Waals surface area contributed by atoms with Crippen molar-refractivity contribution in [1.29, 1.82) is 0 Å². The molecule has 0 aromatic heterocycles. The van der Waals surface area contributed by atoms with E-state index in [-0.39, 0.29) is 11.8 Å². The van der Waals surface area contributed by atoms with Crippen molar-refractivity contribution in [3.63, 3.8) is 0 Å². The Bertz CT molecular complexity index is 554. The fourth-order valence-corrected chi connectivity index (χ4v) is 2.43. The minimum absolute atomic E-state index is 0.213. The number of aliphatic hydroxyl groups excluding tert-OH is 1. The third-order valence-electron chi connectivity index (χ3n) is 4.40. The van der Waals surface area contributed by atoms with Crippen molar-refractivity contribution in [2.75, 3.05) is 6.61 Å². The first-order valence-corrected chi connectivity index (χ1v) is 9.44. The number of hydrogen-bond acceptors (Lipinski definition) is 6. The molecule has 162 valence electrons. The molecule has 0 spiro atoms. The molecule has 28 heavy (non-hydrogen) atoms. The second-order valence-corrected chi connectivity index (χ2v) is 7.42. The van der Waals surface area contributed by atoms with E-state index in [0.717, 1.165) is 0 Å². The highest BCUT2D eigenvalue weighted by Crippen LogP contribution is 2.10. The molecule has 0 saturated carbocycles. The molecular weight excluding hydrogens is 368 g/mol. The van der Waals surface area contributed by atoms with Crippen LogP contribution >= 0.6 is 0 Å². The van der Waals surface area contributed by atoms with Gasteiger partial charge in [0.25, 0.3) is 0 Å². The minimum Gasteiger partial charge on any atom is -0.480 e. The van der Waals surface area contributed by atoms with Crippen LogP contribution in [0.1, 0.15) is 47.5 Å². The Hall–Kier alpha value is -2.20. The quantitative estimate of drug-likeness (QED) is 0.242. The Balaban J connectivity index is 5.04. The Morgan fingerprint density at radius 1 is 0.929 bits per heavy atom. The van der Waals surface area contributed by atoms with Crippen LogP contribution in [0.3, 0.4) is 0 Å². The van der Waals surface area contributed by atoms with E-state index in [1.807, 2.05) is 20.8 Å². The highest BCUT2D eigenvalue weighted by molar-refractivity contribution is 5.94. The first-order chi connectivity index (χ1) is 12.9. The molecule has 0 heterocycles. The van der Waals surface area contributed by atoms with E-state index in [1.54, 1.807) is 6.92 Å². The van der Waals surface area contributed by atoms with E-state index in [1.165, 1.54) is 6.92 Å². The third-order valence-corrected chi connectivity index (χ3v) is 4.40. The first kappa shape index (κ1) is 25.8. The number of nitrogens with two attached hydrogens (primary N) is 1. The molecule has 0 saturated heterocycles. The number of amides is 3. The molecule has 0 aliphatic heterocycles. The van der Waals surface area contributed by atoms with Crippen molar-refractivity contribution < 1.29 is 29.4 Å². The molecule has 3 amide bonds. The standard InChI is InChI=1S/C18H34N4O6/c1-6-10(4)14(22-16(25)12(19)7-9(2)3)17(26)20-11(5)15(24)21-13(8-23)18(27)28/h9-14,23H,6-8,19H2,1-5H3,(H,20,26)(H,21,24)(H,22,25)(H,27,28). The number of hydrogen-bond donors (Lipinski definition) is 6. The average molecular weight is 402 g/mol. The molecule has 5 unspecified atom stereocenters. The van der Waals surface area contributed by atoms with Crippen LogP contribution in [0.15, 0.2) is 0 Å². The van der Waals surface area contributed by atoms with E-state index in [4.69, 9.17) is 15.9 Å². The summed E-state index contributed by atoms with van der Waals surface area (Å²) in [6.07, 6.45) is 1.07. The van der Waals surface area contributed by atoms with Gasteiger partial charge < -0.3 is 31.9 Å². The zero-order valence-electron chi connectivity index (χ0n) is 17.2. The average Bonchev–Trinajstić information content (AvgIpc) is 2.61. The van der Waals surface area contributed by atoms with Gasteiger partial charge in [0.2, 0.25) is 17.7 Å². The fraction of sp³-hybridized carbons (Fsp3) is 0.778. The predicted octanol–water partition coefficient (Wildman–Crippen LogP) is -1.04. The van der Waals surface area contributed by atoms with Crippen molar-refractivity contribution in [3.05, 3.63) is 0 Å². The number of nitrogens with one attached hydrogen (secondary N) is 3. The van der Waals surface area contributed by atoms with Gasteiger partial charge in [-0.15, -0.1) is 0 Å². The van der Waals surface area contributed by atoms with Gasteiger partial charge in [-0.1, -0.05) is 34.1 Å². The summed E-state index contributed by atoms with van der Waals surface area (Å²) >= 11 is 0. The van der Waals surface area contributed by atoms with Crippen LogP contribution in [0.5, 0.6) is 0 Å². The number of aliphatic carboxylic acids is 1. The summed E-state index contributed by atoms with van der Waals surface area (Å²) in [7, 11) is 0. The van der Waals surface area contributed by atoms with Crippen molar-refractivity contribution in [1.82, 2.24) is 16.0 Å². The molecule has 0 radical (unpaired) electrons. The lowest BCUT2D eigenvalue weighted by molar-refractivity contribution is -0.143. The van der Waals surface area contributed by atoms with E-state index in [9.17, 15) is 19.2 Å². The van der Waals surface area contributed by atoms with Crippen molar-refractivity contribution in [3.8, 4) is 0 Å². The number of carbonyl (C=O) groups is 4. The van der Waals surface area contributed by atoms with E-state index in [2.05, 4.69) is 16.0 Å². The Labute approximate surface area is 165 Å². The lowest BCUT2D eigenvalue weighted by atomic mass is 9.96. The summed E-state index contributed by atoms with van der Waals surface area (Å²) < 4.78 is 0. The van der Waals surface area contributed by atoms with Crippen LogP contribution < -0.4 is 21.7 Å². The van der Waals surface area contributed by atoms with Crippen LogP contribution in [0, 0.1) is 11.8 Å². The predicted molar refractivity (Wildman–Crippen MR) is 103 cm³/mol. The molecule has 0 aromatic rings. The van der Waals surface area contributed by atoms with Crippen LogP contribution in [0.2, 0.25) is 0 Å². The summed E-state index contributed by atoms with van der Waals surface area (Å²) in [5.74, 6) is -3.17. The number of aliphatic hydroxyl groups is 1. The zero-order chi connectivity index (χ0) is 22.0. The van der Waals surface area contributed by atoms with Gasteiger partial charge in [0, 0.05) is 0 Å². The summed E-state index contributed by atoms with van der Waals surface area (Å²) in [5, 5.41) is 25.1. The topological polar surface area (TPSA) is 171 Å². The highest BCUT2D eigenvalue weighted by Gasteiger charge is 2.30. The van der Waals surface area contributed by atoms with Gasteiger partial charge in [0.15, 0.2) is 0 Å². The Morgan fingerprint density at radius 3 is 1.93 bits per heavy atom. The van der Waals surface area contributed by atoms with Crippen LogP contribution in [-0.2, 0) is 19.2 Å². The number of carboxylic acids is 1. The van der Waals surface area contributed by atoms with Gasteiger partial charge >= 0.3 is 5.97 Å². The molecule has 0 bridgehead atoms. The first-order valence-electron chi connectivity index (χ1n) is 9.44. The SMILES string of the molecule is CCC(C)C(NC(=O)C(N)CC(C)C)C(=O)NC(C)C(=O)NC(CO)C(=O)O. The minimum atomic E-state index is -1.47. The van der Waals surface area contributed by atoms with E-state index in [0.29, 0.717) is 12.8 Å². The molecular formula is C18H34N4O6. The molecule has 0 aliphatic rings. The summed E-state index contributed by atoms with van der Waals surface area (Å²) in [5.41, 5.74) is 5.87. The lowest BCUT2D eigenvalue weighted by Gasteiger charge is -2.27.